The van der Waals surface area contributed by atoms with E-state index in [1.807, 2.05) is 41.3 Å². The Hall–Kier alpha value is -3.88. The molecule has 3 heterocycles. The smallest absolute Gasteiger partial charge is 0.368 e. The number of amides is 1. The molecule has 0 aliphatic carbocycles. The van der Waals surface area contributed by atoms with Crippen molar-refractivity contribution in [1.82, 2.24) is 19.5 Å². The number of carbonyl (C=O) groups is 1. The van der Waals surface area contributed by atoms with E-state index in [1.165, 1.54) is 6.07 Å². The first-order valence-corrected chi connectivity index (χ1v) is 12.2. The predicted octanol–water partition coefficient (Wildman–Crippen LogP) is 5.68. The monoisotopic (exact) mass is 507 g/mol. The summed E-state index contributed by atoms with van der Waals surface area (Å²) in [4.78, 5) is 21.9. The number of hydrogen-bond acceptors (Lipinski definition) is 4. The fourth-order valence-electron chi connectivity index (χ4n) is 4.55. The topological polar surface area (TPSA) is 53.7 Å². The van der Waals surface area contributed by atoms with Crippen molar-refractivity contribution in [2.45, 2.75) is 32.4 Å². The van der Waals surface area contributed by atoms with Crippen LogP contribution in [0.25, 0.3) is 16.9 Å². The van der Waals surface area contributed by atoms with E-state index < -0.39 is 11.7 Å². The number of aromatic nitrogens is 3. The first-order valence-electron chi connectivity index (χ1n) is 12.2. The van der Waals surface area contributed by atoms with Gasteiger partial charge in [-0.1, -0.05) is 57.2 Å². The summed E-state index contributed by atoms with van der Waals surface area (Å²) in [6.07, 6.45) is -2.79. The van der Waals surface area contributed by atoms with Crippen molar-refractivity contribution < 1.29 is 18.0 Å². The summed E-state index contributed by atoms with van der Waals surface area (Å²) in [5.41, 5.74) is 3.13. The molecule has 1 saturated heterocycles. The van der Waals surface area contributed by atoms with Gasteiger partial charge in [0.2, 0.25) is 0 Å². The third-order valence-corrected chi connectivity index (χ3v) is 6.63. The SMILES string of the molecule is CC(C)(C)c1cc2ncc(C(=O)N3CCN(c4cccc(C(F)(F)F)c4)CC3)c(-c3ccccc3)n2n1. The molecule has 1 aliphatic heterocycles. The normalized spacial score (nSPS) is 14.9. The van der Waals surface area contributed by atoms with Crippen LogP contribution in [0.5, 0.6) is 0 Å². The number of hydrogen-bond donors (Lipinski definition) is 0. The van der Waals surface area contributed by atoms with Gasteiger partial charge in [-0.3, -0.25) is 4.79 Å². The molecule has 0 spiro atoms. The van der Waals surface area contributed by atoms with E-state index in [-0.39, 0.29) is 11.3 Å². The van der Waals surface area contributed by atoms with Gasteiger partial charge in [0.25, 0.3) is 5.91 Å². The third kappa shape index (κ3) is 4.90. The van der Waals surface area contributed by atoms with Gasteiger partial charge in [-0.2, -0.15) is 18.3 Å². The largest absolute Gasteiger partial charge is 0.416 e. The summed E-state index contributed by atoms with van der Waals surface area (Å²) in [7, 11) is 0. The highest BCUT2D eigenvalue weighted by Gasteiger charge is 2.32. The molecule has 5 rings (SSSR count). The van der Waals surface area contributed by atoms with Crippen molar-refractivity contribution >= 4 is 17.2 Å². The van der Waals surface area contributed by atoms with Crippen molar-refractivity contribution in [2.24, 2.45) is 0 Å². The van der Waals surface area contributed by atoms with Crippen molar-refractivity contribution in [3.8, 4) is 11.3 Å². The Labute approximate surface area is 213 Å². The second-order valence-corrected chi connectivity index (χ2v) is 10.3. The molecule has 2 aromatic carbocycles. The van der Waals surface area contributed by atoms with Crippen LogP contribution in [0, 0.1) is 0 Å². The molecule has 9 heteroatoms. The van der Waals surface area contributed by atoms with E-state index in [0.29, 0.717) is 48.8 Å². The lowest BCUT2D eigenvalue weighted by Crippen LogP contribution is -2.49. The van der Waals surface area contributed by atoms with Crippen molar-refractivity contribution in [2.75, 3.05) is 31.1 Å². The number of rotatable bonds is 3. The number of halogens is 3. The van der Waals surface area contributed by atoms with Crippen LogP contribution in [0.1, 0.15) is 42.4 Å². The van der Waals surface area contributed by atoms with Crippen molar-refractivity contribution in [3.05, 3.63) is 83.7 Å². The number of fused-ring (bicyclic) bond motifs is 1. The van der Waals surface area contributed by atoms with E-state index in [4.69, 9.17) is 5.10 Å². The van der Waals surface area contributed by atoms with Crippen LogP contribution in [0.4, 0.5) is 18.9 Å². The lowest BCUT2D eigenvalue weighted by atomic mass is 9.93. The Bertz CT molecular complexity index is 1430. The summed E-state index contributed by atoms with van der Waals surface area (Å²) in [6.45, 7) is 7.85. The Balaban J connectivity index is 1.44. The Kier molecular flexibility index (Phi) is 6.17. The number of carbonyl (C=O) groups excluding carboxylic acids is 1. The molecule has 1 aliphatic rings. The van der Waals surface area contributed by atoms with Gasteiger partial charge >= 0.3 is 6.18 Å². The van der Waals surface area contributed by atoms with E-state index in [9.17, 15) is 18.0 Å². The zero-order valence-corrected chi connectivity index (χ0v) is 21.0. The molecule has 1 fully saturated rings. The molecule has 0 saturated carbocycles. The summed E-state index contributed by atoms with van der Waals surface area (Å²) >= 11 is 0. The minimum Gasteiger partial charge on any atom is -0.368 e. The summed E-state index contributed by atoms with van der Waals surface area (Å²) in [5.74, 6) is -0.176. The van der Waals surface area contributed by atoms with Gasteiger partial charge in [-0.05, 0) is 18.2 Å². The highest BCUT2D eigenvalue weighted by atomic mass is 19.4. The van der Waals surface area contributed by atoms with Crippen LogP contribution in [-0.4, -0.2) is 51.6 Å². The molecule has 0 atom stereocenters. The fourth-order valence-corrected chi connectivity index (χ4v) is 4.55. The number of anilines is 1. The van der Waals surface area contributed by atoms with E-state index in [2.05, 4.69) is 25.8 Å². The van der Waals surface area contributed by atoms with Gasteiger partial charge in [0, 0.05) is 55.1 Å². The zero-order valence-electron chi connectivity index (χ0n) is 21.0. The van der Waals surface area contributed by atoms with Crippen LogP contribution >= 0.6 is 0 Å². The van der Waals surface area contributed by atoms with Crippen LogP contribution in [0.3, 0.4) is 0 Å². The number of piperazine rings is 1. The average Bonchev–Trinajstić information content (AvgIpc) is 3.33. The molecule has 0 unspecified atom stereocenters. The van der Waals surface area contributed by atoms with Gasteiger partial charge < -0.3 is 9.80 Å². The van der Waals surface area contributed by atoms with E-state index in [1.54, 1.807) is 21.7 Å². The van der Waals surface area contributed by atoms with Crippen LogP contribution < -0.4 is 4.90 Å². The van der Waals surface area contributed by atoms with Gasteiger partial charge in [-0.15, -0.1) is 0 Å². The zero-order chi connectivity index (χ0) is 26.4. The minimum absolute atomic E-state index is 0.176. The second-order valence-electron chi connectivity index (χ2n) is 10.3. The molecule has 6 nitrogen and oxygen atoms in total. The number of alkyl halides is 3. The number of benzene rings is 2. The van der Waals surface area contributed by atoms with Crippen molar-refractivity contribution in [1.29, 1.82) is 0 Å². The van der Waals surface area contributed by atoms with Gasteiger partial charge in [0.15, 0.2) is 5.65 Å². The maximum absolute atomic E-state index is 13.7. The Morgan fingerprint density at radius 1 is 0.892 bits per heavy atom. The van der Waals surface area contributed by atoms with Gasteiger partial charge in [0.05, 0.1) is 22.5 Å². The van der Waals surface area contributed by atoms with Gasteiger partial charge in [0.1, 0.15) is 0 Å². The standard InChI is InChI=1S/C28H28F3N5O/c1-27(2,3)23-17-24-32-18-22(25(36(24)33-23)19-8-5-4-6-9-19)26(37)35-14-12-34(13-15-35)21-11-7-10-20(16-21)28(29,30)31/h4-11,16-18H,12-15H2,1-3H3. The van der Waals surface area contributed by atoms with E-state index >= 15 is 0 Å². The lowest BCUT2D eigenvalue weighted by Gasteiger charge is -2.36. The summed E-state index contributed by atoms with van der Waals surface area (Å²) in [5, 5.41) is 4.81. The maximum atomic E-state index is 13.7. The maximum Gasteiger partial charge on any atom is 0.416 e. The molecule has 0 N–H and O–H groups in total. The Morgan fingerprint density at radius 2 is 1.59 bits per heavy atom. The van der Waals surface area contributed by atoms with Crippen LogP contribution in [0.15, 0.2) is 66.9 Å². The highest BCUT2D eigenvalue weighted by Crippen LogP contribution is 2.32. The quantitative estimate of drug-likeness (QED) is 0.358. The predicted molar refractivity (Wildman–Crippen MR) is 137 cm³/mol. The van der Waals surface area contributed by atoms with Crippen LogP contribution in [0.2, 0.25) is 0 Å². The Morgan fingerprint density at radius 3 is 2.24 bits per heavy atom. The number of nitrogens with zero attached hydrogens (tertiary/aromatic N) is 5. The molecule has 2 aromatic heterocycles. The third-order valence-electron chi connectivity index (χ3n) is 6.63. The second kappa shape index (κ2) is 9.21. The molecule has 37 heavy (non-hydrogen) atoms. The molecule has 0 radical (unpaired) electrons. The minimum atomic E-state index is -4.40. The lowest BCUT2D eigenvalue weighted by molar-refractivity contribution is -0.137. The van der Waals surface area contributed by atoms with E-state index in [0.717, 1.165) is 23.4 Å². The first-order chi connectivity index (χ1) is 17.5. The molecule has 1 amide bonds. The average molecular weight is 508 g/mol. The van der Waals surface area contributed by atoms with Crippen LogP contribution in [-0.2, 0) is 11.6 Å². The molecular weight excluding hydrogens is 479 g/mol. The van der Waals surface area contributed by atoms with Gasteiger partial charge in [-0.25, -0.2) is 9.50 Å². The molecule has 192 valence electrons. The summed E-state index contributed by atoms with van der Waals surface area (Å²) < 4.78 is 41.2. The fraction of sp³-hybridized carbons (Fsp3) is 0.321. The first kappa shape index (κ1) is 24.8. The highest BCUT2D eigenvalue weighted by molar-refractivity contribution is 6.00. The molecular formula is C28H28F3N5O. The van der Waals surface area contributed by atoms with Crippen molar-refractivity contribution in [3.63, 3.8) is 0 Å². The summed E-state index contributed by atoms with van der Waals surface area (Å²) in [6, 6.07) is 16.9. The molecule has 4 aromatic rings. The molecule has 0 bridgehead atoms.